The molecule has 1 aliphatic heterocycles. The maximum absolute atomic E-state index is 12.6. The van der Waals surface area contributed by atoms with Crippen LogP contribution in [-0.4, -0.2) is 36.0 Å². The molecule has 1 amide bonds. The summed E-state index contributed by atoms with van der Waals surface area (Å²) in [6.45, 7) is 4.34. The van der Waals surface area contributed by atoms with Crippen molar-refractivity contribution < 1.29 is 19.1 Å². The van der Waals surface area contributed by atoms with Crippen LogP contribution in [0.4, 0.5) is 0 Å². The van der Waals surface area contributed by atoms with Gasteiger partial charge in [0, 0.05) is 18.1 Å². The molecule has 0 radical (unpaired) electrons. The van der Waals surface area contributed by atoms with Crippen molar-refractivity contribution in [2.24, 2.45) is 0 Å². The molecule has 3 rings (SSSR count). The van der Waals surface area contributed by atoms with Crippen molar-refractivity contribution in [1.82, 2.24) is 4.90 Å². The Labute approximate surface area is 163 Å². The second kappa shape index (κ2) is 8.44. The van der Waals surface area contributed by atoms with Crippen molar-refractivity contribution in [3.05, 3.63) is 64.2 Å². The third-order valence-corrected chi connectivity index (χ3v) is 5.01. The molecule has 6 heteroatoms. The van der Waals surface area contributed by atoms with Gasteiger partial charge in [-0.3, -0.25) is 4.79 Å². The van der Waals surface area contributed by atoms with Crippen molar-refractivity contribution in [2.45, 2.75) is 32.9 Å². The van der Waals surface area contributed by atoms with Gasteiger partial charge in [0.2, 0.25) is 0 Å². The summed E-state index contributed by atoms with van der Waals surface area (Å²) in [5.41, 5.74) is 3.26. The highest BCUT2D eigenvalue weighted by Gasteiger charge is 2.27. The van der Waals surface area contributed by atoms with Crippen molar-refractivity contribution in [1.29, 1.82) is 0 Å². The Morgan fingerprint density at radius 2 is 1.93 bits per heavy atom. The van der Waals surface area contributed by atoms with E-state index in [1.807, 2.05) is 25.1 Å². The van der Waals surface area contributed by atoms with Crippen molar-refractivity contribution >= 4 is 23.5 Å². The number of halogens is 1. The van der Waals surface area contributed by atoms with E-state index in [-0.39, 0.29) is 12.5 Å². The van der Waals surface area contributed by atoms with Crippen LogP contribution in [0.3, 0.4) is 0 Å². The fourth-order valence-electron chi connectivity index (χ4n) is 3.07. The number of ether oxygens (including phenoxy) is 2. The predicted octanol–water partition coefficient (Wildman–Crippen LogP) is 3.54. The summed E-state index contributed by atoms with van der Waals surface area (Å²) in [6.07, 6.45) is -0.0416. The summed E-state index contributed by atoms with van der Waals surface area (Å²) in [7, 11) is 0. The highest BCUT2D eigenvalue weighted by atomic mass is 35.5. The van der Waals surface area contributed by atoms with Crippen LogP contribution < -0.4 is 4.74 Å². The highest BCUT2D eigenvalue weighted by Crippen LogP contribution is 2.21. The third kappa shape index (κ3) is 4.80. The van der Waals surface area contributed by atoms with E-state index in [9.17, 15) is 9.59 Å². The Balaban J connectivity index is 1.50. The van der Waals surface area contributed by atoms with Gasteiger partial charge >= 0.3 is 5.97 Å². The first-order valence-corrected chi connectivity index (χ1v) is 9.26. The molecule has 0 spiro atoms. The molecule has 1 heterocycles. The molecule has 0 aromatic heterocycles. The van der Waals surface area contributed by atoms with E-state index in [2.05, 4.69) is 6.07 Å². The molecule has 1 atom stereocenters. The second-order valence-electron chi connectivity index (χ2n) is 6.61. The largest absolute Gasteiger partial charge is 0.482 e. The summed E-state index contributed by atoms with van der Waals surface area (Å²) in [6, 6.07) is 13.2. The van der Waals surface area contributed by atoms with Gasteiger partial charge in [0.05, 0.1) is 0 Å². The van der Waals surface area contributed by atoms with Crippen molar-refractivity contribution in [3.63, 3.8) is 0 Å². The number of aryl methyl sites for hydroxylation is 1. The maximum Gasteiger partial charge on any atom is 0.344 e. The minimum atomic E-state index is -0.849. The number of esters is 1. The number of carbonyl (C=O) groups is 2. The van der Waals surface area contributed by atoms with E-state index in [1.165, 1.54) is 5.56 Å². The lowest BCUT2D eigenvalue weighted by Crippen LogP contribution is -2.43. The molecule has 142 valence electrons. The van der Waals surface area contributed by atoms with Crippen LogP contribution in [0.25, 0.3) is 0 Å². The van der Waals surface area contributed by atoms with Crippen LogP contribution in [0.2, 0.25) is 5.02 Å². The summed E-state index contributed by atoms with van der Waals surface area (Å²) in [4.78, 5) is 26.3. The van der Waals surface area contributed by atoms with Crippen molar-refractivity contribution in [2.75, 3.05) is 13.2 Å². The maximum atomic E-state index is 12.6. The van der Waals surface area contributed by atoms with Gasteiger partial charge in [0.1, 0.15) is 5.75 Å². The molecular formula is C21H22ClNO4. The summed E-state index contributed by atoms with van der Waals surface area (Å²) in [5, 5.41) is 0.632. The predicted molar refractivity (Wildman–Crippen MR) is 103 cm³/mol. The molecule has 27 heavy (non-hydrogen) atoms. The number of hydrogen-bond donors (Lipinski definition) is 0. The van der Waals surface area contributed by atoms with E-state index in [1.54, 1.807) is 30.0 Å². The Kier molecular flexibility index (Phi) is 6.01. The zero-order chi connectivity index (χ0) is 19.4. The summed E-state index contributed by atoms with van der Waals surface area (Å²) >= 11 is 5.96. The first-order valence-electron chi connectivity index (χ1n) is 8.88. The van der Waals surface area contributed by atoms with Gasteiger partial charge in [-0.1, -0.05) is 35.9 Å². The zero-order valence-corrected chi connectivity index (χ0v) is 16.2. The van der Waals surface area contributed by atoms with Gasteiger partial charge in [-0.05, 0) is 55.2 Å². The standard InChI is InChI=1S/C21H22ClNO4/c1-14-11-18(7-8-19(14)22)26-13-20(24)27-15(2)21(25)23-10-9-16-5-3-4-6-17(16)12-23/h3-8,11,15H,9-10,12-13H2,1-2H3/t15-/m0/s1. The fraction of sp³-hybridized carbons (Fsp3) is 0.333. The Hall–Kier alpha value is -2.53. The lowest BCUT2D eigenvalue weighted by Gasteiger charge is -2.30. The summed E-state index contributed by atoms with van der Waals surface area (Å²) in [5.74, 6) is -0.249. The second-order valence-corrected chi connectivity index (χ2v) is 7.02. The Morgan fingerprint density at radius 3 is 2.67 bits per heavy atom. The molecule has 1 aliphatic rings. The van der Waals surface area contributed by atoms with E-state index >= 15 is 0 Å². The van der Waals surface area contributed by atoms with Gasteiger partial charge in [0.15, 0.2) is 12.7 Å². The van der Waals surface area contributed by atoms with Crippen LogP contribution in [0.5, 0.6) is 5.75 Å². The van der Waals surface area contributed by atoms with Crippen LogP contribution in [0, 0.1) is 6.92 Å². The summed E-state index contributed by atoms with van der Waals surface area (Å²) < 4.78 is 10.7. The molecule has 2 aromatic rings. The quantitative estimate of drug-likeness (QED) is 0.736. The Morgan fingerprint density at radius 1 is 1.19 bits per heavy atom. The SMILES string of the molecule is Cc1cc(OCC(=O)O[C@@H](C)C(=O)N2CCc3ccccc3C2)ccc1Cl. The number of fused-ring (bicyclic) bond motifs is 1. The van der Waals surface area contributed by atoms with Gasteiger partial charge in [-0.15, -0.1) is 0 Å². The molecule has 0 aliphatic carbocycles. The molecule has 2 aromatic carbocycles. The number of carbonyl (C=O) groups excluding carboxylic acids is 2. The normalized spacial score (nSPS) is 14.3. The highest BCUT2D eigenvalue weighted by molar-refractivity contribution is 6.31. The fourth-order valence-corrected chi connectivity index (χ4v) is 3.19. The topological polar surface area (TPSA) is 55.8 Å². The molecule has 5 nitrogen and oxygen atoms in total. The van der Waals surface area contributed by atoms with Crippen LogP contribution in [0.15, 0.2) is 42.5 Å². The average Bonchev–Trinajstić information content (AvgIpc) is 2.67. The Bertz CT molecular complexity index is 852. The number of hydrogen-bond acceptors (Lipinski definition) is 4. The molecule has 0 fully saturated rings. The van der Waals surface area contributed by atoms with E-state index < -0.39 is 12.1 Å². The van der Waals surface area contributed by atoms with Crippen LogP contribution >= 0.6 is 11.6 Å². The van der Waals surface area contributed by atoms with Crippen molar-refractivity contribution in [3.8, 4) is 5.75 Å². The lowest BCUT2D eigenvalue weighted by atomic mass is 9.99. The van der Waals surface area contributed by atoms with E-state index in [4.69, 9.17) is 21.1 Å². The van der Waals surface area contributed by atoms with Gasteiger partial charge in [0.25, 0.3) is 5.91 Å². The molecule has 0 saturated heterocycles. The smallest absolute Gasteiger partial charge is 0.344 e. The minimum absolute atomic E-state index is 0.194. The van der Waals surface area contributed by atoms with E-state index in [0.29, 0.717) is 23.9 Å². The third-order valence-electron chi connectivity index (χ3n) is 4.58. The van der Waals surface area contributed by atoms with Gasteiger partial charge < -0.3 is 14.4 Å². The van der Waals surface area contributed by atoms with Crippen LogP contribution in [-0.2, 0) is 27.3 Å². The molecule has 0 bridgehead atoms. The van der Waals surface area contributed by atoms with Crippen LogP contribution in [0.1, 0.15) is 23.6 Å². The van der Waals surface area contributed by atoms with E-state index in [0.717, 1.165) is 17.5 Å². The molecule has 0 N–H and O–H groups in total. The first kappa shape index (κ1) is 19.2. The molecular weight excluding hydrogens is 366 g/mol. The average molecular weight is 388 g/mol. The van der Waals surface area contributed by atoms with Gasteiger partial charge in [-0.2, -0.15) is 0 Å². The number of nitrogens with zero attached hydrogens (tertiary/aromatic N) is 1. The zero-order valence-electron chi connectivity index (χ0n) is 15.4. The monoisotopic (exact) mass is 387 g/mol. The lowest BCUT2D eigenvalue weighted by molar-refractivity contribution is -0.161. The molecule has 0 saturated carbocycles. The minimum Gasteiger partial charge on any atom is -0.482 e. The first-order chi connectivity index (χ1) is 12.9. The molecule has 0 unspecified atom stereocenters. The number of amides is 1. The number of rotatable bonds is 5. The van der Waals surface area contributed by atoms with Gasteiger partial charge in [-0.25, -0.2) is 4.79 Å². The number of benzene rings is 2.